The molecule has 7 heteroatoms. The van der Waals surface area contributed by atoms with Crippen molar-refractivity contribution >= 4 is 35.0 Å². The van der Waals surface area contributed by atoms with Gasteiger partial charge in [0.05, 0.1) is 36.7 Å². The number of hydrogen-bond donors (Lipinski definition) is 1. The van der Waals surface area contributed by atoms with Gasteiger partial charge in [-0.05, 0) is 36.8 Å². The average molecular weight is 417 g/mol. The van der Waals surface area contributed by atoms with Gasteiger partial charge in [0.1, 0.15) is 0 Å². The maximum Gasteiger partial charge on any atom is 0.262 e. The monoisotopic (exact) mass is 416 g/mol. The van der Waals surface area contributed by atoms with Crippen molar-refractivity contribution in [3.8, 4) is 11.5 Å². The number of carbonyl (C=O) groups excluding carboxylic acids is 1. The molecule has 2 aromatic rings. The summed E-state index contributed by atoms with van der Waals surface area (Å²) < 4.78 is 16.5. The summed E-state index contributed by atoms with van der Waals surface area (Å²) in [4.78, 5) is 14.6. The highest BCUT2D eigenvalue weighted by atomic mass is 35.5. The van der Waals surface area contributed by atoms with Crippen molar-refractivity contribution in [1.82, 2.24) is 0 Å². The number of halogens is 1. The van der Waals surface area contributed by atoms with E-state index in [-0.39, 0.29) is 12.5 Å². The molecule has 154 valence electrons. The molecule has 1 aliphatic heterocycles. The zero-order valence-corrected chi connectivity index (χ0v) is 17.4. The van der Waals surface area contributed by atoms with Crippen LogP contribution in [0.1, 0.15) is 12.5 Å². The molecule has 1 saturated heterocycles. The Morgan fingerprint density at radius 3 is 2.76 bits per heavy atom. The lowest BCUT2D eigenvalue weighted by molar-refractivity contribution is -0.118. The van der Waals surface area contributed by atoms with Crippen LogP contribution in [0.25, 0.3) is 6.08 Å². The first kappa shape index (κ1) is 21.0. The molecule has 0 spiro atoms. The molecule has 1 heterocycles. The quantitative estimate of drug-likeness (QED) is 0.731. The Balaban J connectivity index is 1.68. The standard InChI is InChI=1S/C22H25ClN2O4/c1-3-5-16-8-9-19(20(14-16)27-2)29-15-21(26)24-18-7-4-6-17(23)22(18)25-10-12-28-13-11-25/h3-9,14H,10-13,15H2,1-2H3,(H,24,26)/b5-3+. The summed E-state index contributed by atoms with van der Waals surface area (Å²) in [5, 5.41) is 3.49. The summed E-state index contributed by atoms with van der Waals surface area (Å²) in [5.74, 6) is 0.807. The molecule has 1 N–H and O–H groups in total. The minimum absolute atomic E-state index is 0.144. The molecule has 0 aliphatic carbocycles. The number of rotatable bonds is 7. The van der Waals surface area contributed by atoms with Gasteiger partial charge in [-0.25, -0.2) is 0 Å². The number of nitrogens with zero attached hydrogens (tertiary/aromatic N) is 1. The van der Waals surface area contributed by atoms with Crippen LogP contribution in [-0.2, 0) is 9.53 Å². The zero-order valence-electron chi connectivity index (χ0n) is 16.6. The largest absolute Gasteiger partial charge is 0.493 e. The van der Waals surface area contributed by atoms with E-state index in [2.05, 4.69) is 10.2 Å². The first-order valence-electron chi connectivity index (χ1n) is 9.47. The number of carbonyl (C=O) groups is 1. The molecule has 0 atom stereocenters. The summed E-state index contributed by atoms with van der Waals surface area (Å²) in [6.07, 6.45) is 3.91. The van der Waals surface area contributed by atoms with Crippen molar-refractivity contribution < 1.29 is 19.0 Å². The van der Waals surface area contributed by atoms with Crippen molar-refractivity contribution in [2.45, 2.75) is 6.92 Å². The molecule has 6 nitrogen and oxygen atoms in total. The number of morpholine rings is 1. The van der Waals surface area contributed by atoms with E-state index in [9.17, 15) is 4.79 Å². The van der Waals surface area contributed by atoms with Gasteiger partial charge in [0, 0.05) is 13.1 Å². The minimum Gasteiger partial charge on any atom is -0.493 e. The van der Waals surface area contributed by atoms with Crippen LogP contribution in [-0.4, -0.2) is 45.9 Å². The number of ether oxygens (including phenoxy) is 3. The Bertz CT molecular complexity index is 879. The molecule has 2 aromatic carbocycles. The third-order valence-corrected chi connectivity index (χ3v) is 4.80. The van der Waals surface area contributed by atoms with Crippen LogP contribution in [0.15, 0.2) is 42.5 Å². The van der Waals surface area contributed by atoms with E-state index in [4.69, 9.17) is 25.8 Å². The van der Waals surface area contributed by atoms with Crippen LogP contribution in [0, 0.1) is 0 Å². The van der Waals surface area contributed by atoms with E-state index >= 15 is 0 Å². The Hall–Kier alpha value is -2.70. The topological polar surface area (TPSA) is 60.0 Å². The molecule has 29 heavy (non-hydrogen) atoms. The maximum absolute atomic E-state index is 12.5. The normalized spacial score (nSPS) is 14.1. The summed E-state index contributed by atoms with van der Waals surface area (Å²) >= 11 is 6.41. The van der Waals surface area contributed by atoms with E-state index in [1.165, 1.54) is 0 Å². The van der Waals surface area contributed by atoms with Crippen LogP contribution in [0.4, 0.5) is 11.4 Å². The average Bonchev–Trinajstić information content (AvgIpc) is 2.73. The smallest absolute Gasteiger partial charge is 0.262 e. The number of anilines is 2. The van der Waals surface area contributed by atoms with Crippen molar-refractivity contribution in [3.05, 3.63) is 53.1 Å². The van der Waals surface area contributed by atoms with Crippen molar-refractivity contribution in [3.63, 3.8) is 0 Å². The number of benzene rings is 2. The predicted molar refractivity (Wildman–Crippen MR) is 116 cm³/mol. The third-order valence-electron chi connectivity index (χ3n) is 4.49. The molecule has 0 bridgehead atoms. The Morgan fingerprint density at radius 2 is 2.03 bits per heavy atom. The number of hydrogen-bond acceptors (Lipinski definition) is 5. The Morgan fingerprint density at radius 1 is 1.24 bits per heavy atom. The van der Waals surface area contributed by atoms with Crippen LogP contribution >= 0.6 is 11.6 Å². The molecule has 0 aromatic heterocycles. The fourth-order valence-corrected chi connectivity index (χ4v) is 3.45. The lowest BCUT2D eigenvalue weighted by Gasteiger charge is -2.31. The van der Waals surface area contributed by atoms with Crippen LogP contribution in [0.5, 0.6) is 11.5 Å². The highest BCUT2D eigenvalue weighted by Crippen LogP contribution is 2.34. The van der Waals surface area contributed by atoms with Gasteiger partial charge in [0.2, 0.25) is 0 Å². The van der Waals surface area contributed by atoms with Crippen molar-refractivity contribution in [2.24, 2.45) is 0 Å². The molecule has 1 aliphatic rings. The van der Waals surface area contributed by atoms with Gasteiger partial charge in [-0.1, -0.05) is 35.9 Å². The van der Waals surface area contributed by atoms with Gasteiger partial charge in [-0.3, -0.25) is 4.79 Å². The second-order valence-electron chi connectivity index (χ2n) is 6.48. The summed E-state index contributed by atoms with van der Waals surface area (Å²) in [6.45, 7) is 4.50. The number of nitrogens with one attached hydrogen (secondary N) is 1. The van der Waals surface area contributed by atoms with Gasteiger partial charge in [-0.15, -0.1) is 0 Å². The van der Waals surface area contributed by atoms with E-state index in [1.54, 1.807) is 13.2 Å². The Labute approximate surface area is 176 Å². The van der Waals surface area contributed by atoms with E-state index in [0.717, 1.165) is 24.3 Å². The lowest BCUT2D eigenvalue weighted by atomic mass is 10.2. The molecule has 0 unspecified atom stereocenters. The highest BCUT2D eigenvalue weighted by molar-refractivity contribution is 6.34. The number of methoxy groups -OCH3 is 1. The predicted octanol–water partition coefficient (Wildman–Crippen LogP) is 4.24. The fourth-order valence-electron chi connectivity index (χ4n) is 3.15. The van der Waals surface area contributed by atoms with Crippen molar-refractivity contribution in [2.75, 3.05) is 50.2 Å². The second-order valence-corrected chi connectivity index (χ2v) is 6.89. The van der Waals surface area contributed by atoms with Gasteiger partial charge in [0.15, 0.2) is 18.1 Å². The summed E-state index contributed by atoms with van der Waals surface area (Å²) in [7, 11) is 1.57. The Kier molecular flexibility index (Phi) is 7.38. The molecule has 1 amide bonds. The fraction of sp³-hybridized carbons (Fsp3) is 0.318. The second kappa shape index (κ2) is 10.2. The zero-order chi connectivity index (χ0) is 20.6. The van der Waals surface area contributed by atoms with Gasteiger partial charge in [0.25, 0.3) is 5.91 Å². The van der Waals surface area contributed by atoms with E-state index < -0.39 is 0 Å². The number of amides is 1. The van der Waals surface area contributed by atoms with Gasteiger partial charge < -0.3 is 24.4 Å². The number of allylic oxidation sites excluding steroid dienone is 1. The minimum atomic E-state index is -0.277. The summed E-state index contributed by atoms with van der Waals surface area (Å²) in [5.41, 5.74) is 2.46. The first-order chi connectivity index (χ1) is 14.1. The molecular formula is C22H25ClN2O4. The number of para-hydroxylation sites is 1. The van der Waals surface area contributed by atoms with Crippen LogP contribution in [0.3, 0.4) is 0 Å². The molecule has 1 fully saturated rings. The van der Waals surface area contributed by atoms with Gasteiger partial charge >= 0.3 is 0 Å². The molecular weight excluding hydrogens is 392 g/mol. The molecule has 0 radical (unpaired) electrons. The maximum atomic E-state index is 12.5. The van der Waals surface area contributed by atoms with Gasteiger partial charge in [-0.2, -0.15) is 0 Å². The summed E-state index contributed by atoms with van der Waals surface area (Å²) in [6, 6.07) is 11.0. The van der Waals surface area contributed by atoms with E-state index in [0.29, 0.717) is 35.4 Å². The van der Waals surface area contributed by atoms with Crippen LogP contribution < -0.4 is 19.7 Å². The highest BCUT2D eigenvalue weighted by Gasteiger charge is 2.19. The van der Waals surface area contributed by atoms with E-state index in [1.807, 2.05) is 49.4 Å². The van der Waals surface area contributed by atoms with Crippen molar-refractivity contribution in [1.29, 1.82) is 0 Å². The molecule has 3 rings (SSSR count). The lowest BCUT2D eigenvalue weighted by Crippen LogP contribution is -2.37. The molecule has 0 saturated carbocycles. The first-order valence-corrected chi connectivity index (χ1v) is 9.84. The SMILES string of the molecule is C/C=C/c1ccc(OCC(=O)Nc2cccc(Cl)c2N2CCOCC2)c(OC)c1. The third kappa shape index (κ3) is 5.43. The van der Waals surface area contributed by atoms with Crippen LogP contribution in [0.2, 0.25) is 5.02 Å².